The van der Waals surface area contributed by atoms with E-state index in [-0.39, 0.29) is 6.04 Å². The van der Waals surface area contributed by atoms with Gasteiger partial charge in [-0.15, -0.1) is 11.8 Å². The molecule has 1 aromatic heterocycles. The molecule has 0 aliphatic rings. The fourth-order valence-corrected chi connectivity index (χ4v) is 2.19. The summed E-state index contributed by atoms with van der Waals surface area (Å²) in [4.78, 5) is 9.59. The van der Waals surface area contributed by atoms with Crippen molar-refractivity contribution in [3.8, 4) is 0 Å². The number of hydrogen-bond acceptors (Lipinski definition) is 4. The highest BCUT2D eigenvalue weighted by molar-refractivity contribution is 7.98. The van der Waals surface area contributed by atoms with E-state index in [1.807, 2.05) is 13.0 Å². The van der Waals surface area contributed by atoms with Crippen LogP contribution in [0.2, 0.25) is 0 Å². The van der Waals surface area contributed by atoms with E-state index in [1.54, 1.807) is 24.2 Å². The molecule has 1 atom stereocenters. The minimum absolute atomic E-state index is 0.0894. The van der Waals surface area contributed by atoms with Crippen LogP contribution >= 0.6 is 11.8 Å². The van der Waals surface area contributed by atoms with E-state index >= 15 is 0 Å². The Morgan fingerprint density at radius 2 is 1.82 bits per heavy atom. The van der Waals surface area contributed by atoms with Gasteiger partial charge in [0.15, 0.2) is 0 Å². The number of rotatable bonds is 4. The quantitative estimate of drug-likeness (QED) is 0.842. The van der Waals surface area contributed by atoms with Crippen molar-refractivity contribution in [1.29, 1.82) is 0 Å². The summed E-state index contributed by atoms with van der Waals surface area (Å²) in [6.07, 6.45) is 3.53. The van der Waals surface area contributed by atoms with Gasteiger partial charge in [-0.3, -0.25) is 0 Å². The number of aromatic nitrogens is 2. The summed E-state index contributed by atoms with van der Waals surface area (Å²) < 4.78 is 0. The fourth-order valence-electron chi connectivity index (χ4n) is 1.42. The highest BCUT2D eigenvalue weighted by atomic mass is 32.2. The molecule has 0 amide bonds. The summed E-state index contributed by atoms with van der Waals surface area (Å²) in [5.41, 5.74) is 6.96. The second-order valence-corrected chi connectivity index (χ2v) is 4.86. The third-order valence-electron chi connectivity index (χ3n) is 2.39. The van der Waals surface area contributed by atoms with Gasteiger partial charge in [-0.2, -0.15) is 0 Å². The Hall–Kier alpha value is -1.39. The van der Waals surface area contributed by atoms with Crippen LogP contribution < -0.4 is 5.73 Å². The third-order valence-corrected chi connectivity index (χ3v) is 3.40. The normalized spacial score (nSPS) is 12.4. The van der Waals surface area contributed by atoms with Crippen LogP contribution in [0.25, 0.3) is 0 Å². The van der Waals surface area contributed by atoms with E-state index < -0.39 is 0 Å². The van der Waals surface area contributed by atoms with Crippen LogP contribution in [0.4, 0.5) is 0 Å². The molecule has 2 rings (SSSR count). The van der Waals surface area contributed by atoms with E-state index in [9.17, 15) is 0 Å². The topological polar surface area (TPSA) is 51.8 Å². The minimum Gasteiger partial charge on any atom is -0.324 e. The first-order valence-corrected chi connectivity index (χ1v) is 6.48. The van der Waals surface area contributed by atoms with Gasteiger partial charge in [-0.25, -0.2) is 9.97 Å². The molecule has 0 saturated heterocycles. The summed E-state index contributed by atoms with van der Waals surface area (Å²) in [5.74, 6) is 1.65. The Morgan fingerprint density at radius 1 is 1.18 bits per heavy atom. The van der Waals surface area contributed by atoms with E-state index in [0.717, 1.165) is 17.1 Å². The van der Waals surface area contributed by atoms with Crippen molar-refractivity contribution in [3.05, 3.63) is 54.1 Å². The molecule has 1 heterocycles. The molecule has 0 spiro atoms. The van der Waals surface area contributed by atoms with Crippen LogP contribution in [0.5, 0.6) is 0 Å². The van der Waals surface area contributed by atoms with E-state index in [4.69, 9.17) is 5.73 Å². The van der Waals surface area contributed by atoms with Gasteiger partial charge in [0.25, 0.3) is 0 Å². The molecular weight excluding hydrogens is 230 g/mol. The van der Waals surface area contributed by atoms with Crippen molar-refractivity contribution >= 4 is 11.8 Å². The van der Waals surface area contributed by atoms with Crippen molar-refractivity contribution in [1.82, 2.24) is 9.97 Å². The molecule has 0 aliphatic heterocycles. The summed E-state index contributed by atoms with van der Waals surface area (Å²) >= 11 is 1.73. The second-order valence-electron chi connectivity index (χ2n) is 3.81. The first kappa shape index (κ1) is 12.1. The largest absolute Gasteiger partial charge is 0.324 e. The lowest BCUT2D eigenvalue weighted by atomic mass is 10.1. The average Bonchev–Trinajstić information content (AvgIpc) is 2.38. The van der Waals surface area contributed by atoms with Crippen LogP contribution in [0.1, 0.15) is 24.4 Å². The van der Waals surface area contributed by atoms with Crippen LogP contribution in [-0.2, 0) is 5.75 Å². The smallest absolute Gasteiger partial charge is 0.138 e. The maximum Gasteiger partial charge on any atom is 0.138 e. The third kappa shape index (κ3) is 3.54. The van der Waals surface area contributed by atoms with Crippen molar-refractivity contribution in [3.63, 3.8) is 0 Å². The van der Waals surface area contributed by atoms with Gasteiger partial charge >= 0.3 is 0 Å². The predicted molar refractivity (Wildman–Crippen MR) is 70.6 cm³/mol. The average molecular weight is 245 g/mol. The van der Waals surface area contributed by atoms with Gasteiger partial charge in [0, 0.05) is 23.3 Å². The van der Waals surface area contributed by atoms with Crippen molar-refractivity contribution < 1.29 is 0 Å². The SMILES string of the molecule is CC(N)c1ccc(SCc2ncccn2)cc1. The predicted octanol–water partition coefficient (Wildman–Crippen LogP) is 2.79. The molecule has 88 valence electrons. The first-order chi connectivity index (χ1) is 8.25. The van der Waals surface area contributed by atoms with Crippen molar-refractivity contribution in [2.45, 2.75) is 23.6 Å². The fraction of sp³-hybridized carbons (Fsp3) is 0.231. The molecule has 3 nitrogen and oxygen atoms in total. The molecule has 0 fully saturated rings. The Kier molecular flexibility index (Phi) is 4.12. The number of hydrogen-bond donors (Lipinski definition) is 1. The van der Waals surface area contributed by atoms with Gasteiger partial charge in [0.2, 0.25) is 0 Å². The molecule has 17 heavy (non-hydrogen) atoms. The molecule has 1 unspecified atom stereocenters. The summed E-state index contributed by atoms with van der Waals surface area (Å²) in [6.45, 7) is 1.99. The maximum absolute atomic E-state index is 5.80. The zero-order chi connectivity index (χ0) is 12.1. The van der Waals surface area contributed by atoms with Crippen molar-refractivity contribution in [2.24, 2.45) is 5.73 Å². The molecule has 0 aliphatic carbocycles. The molecule has 2 aromatic rings. The molecule has 4 heteroatoms. The Labute approximate surface area is 105 Å². The Balaban J connectivity index is 1.96. The molecule has 2 N–H and O–H groups in total. The molecule has 0 radical (unpaired) electrons. The highest BCUT2D eigenvalue weighted by Crippen LogP contribution is 2.22. The standard InChI is InChI=1S/C13H15N3S/c1-10(14)11-3-5-12(6-4-11)17-9-13-15-7-2-8-16-13/h2-8,10H,9,14H2,1H3. The lowest BCUT2D eigenvalue weighted by molar-refractivity contribution is 0.817. The van der Waals surface area contributed by atoms with Crippen LogP contribution in [0.15, 0.2) is 47.6 Å². The number of nitrogens with zero attached hydrogens (tertiary/aromatic N) is 2. The van der Waals surface area contributed by atoms with Gasteiger partial charge in [-0.05, 0) is 30.7 Å². The van der Waals surface area contributed by atoms with E-state index in [1.165, 1.54) is 4.90 Å². The van der Waals surface area contributed by atoms with Gasteiger partial charge in [0.1, 0.15) is 5.82 Å². The number of nitrogens with two attached hydrogens (primary N) is 1. The van der Waals surface area contributed by atoms with Gasteiger partial charge in [0.05, 0.1) is 5.75 Å². The molecule has 0 bridgehead atoms. The highest BCUT2D eigenvalue weighted by Gasteiger charge is 2.01. The minimum atomic E-state index is 0.0894. The Morgan fingerprint density at radius 3 is 2.41 bits per heavy atom. The van der Waals surface area contributed by atoms with Crippen LogP contribution in [0.3, 0.4) is 0 Å². The number of benzene rings is 1. The first-order valence-electron chi connectivity index (χ1n) is 5.50. The zero-order valence-electron chi connectivity index (χ0n) is 9.71. The van der Waals surface area contributed by atoms with Gasteiger partial charge < -0.3 is 5.73 Å². The van der Waals surface area contributed by atoms with Crippen LogP contribution in [-0.4, -0.2) is 9.97 Å². The lowest BCUT2D eigenvalue weighted by Crippen LogP contribution is -2.04. The second kappa shape index (κ2) is 5.80. The molecular formula is C13H15N3S. The summed E-state index contributed by atoms with van der Waals surface area (Å²) in [7, 11) is 0. The van der Waals surface area contributed by atoms with E-state index in [0.29, 0.717) is 0 Å². The Bertz CT molecular complexity index is 454. The molecule has 0 saturated carbocycles. The van der Waals surface area contributed by atoms with Crippen LogP contribution in [0, 0.1) is 0 Å². The van der Waals surface area contributed by atoms with Gasteiger partial charge in [-0.1, -0.05) is 12.1 Å². The van der Waals surface area contributed by atoms with E-state index in [2.05, 4.69) is 34.2 Å². The number of thioether (sulfide) groups is 1. The lowest BCUT2D eigenvalue weighted by Gasteiger charge is -2.06. The monoisotopic (exact) mass is 245 g/mol. The summed E-state index contributed by atoms with van der Waals surface area (Å²) in [6, 6.07) is 10.2. The summed E-state index contributed by atoms with van der Waals surface area (Å²) in [5, 5.41) is 0. The molecule has 1 aromatic carbocycles. The maximum atomic E-state index is 5.80. The zero-order valence-corrected chi connectivity index (χ0v) is 10.5. The van der Waals surface area contributed by atoms with Crippen molar-refractivity contribution in [2.75, 3.05) is 0 Å².